The number of hydrogen-bond donors (Lipinski definition) is 2. The van der Waals surface area contributed by atoms with Crippen LogP contribution in [0.4, 0.5) is 0 Å². The number of aromatic nitrogens is 3. The SMILES string of the molecule is COCCNC(=NCc1nnc(C)n1C)NCCCSC.I. The number of hydrogen-bond acceptors (Lipinski definition) is 5. The van der Waals surface area contributed by atoms with E-state index in [0.717, 1.165) is 42.9 Å². The van der Waals surface area contributed by atoms with Crippen LogP contribution in [-0.2, 0) is 18.3 Å². The van der Waals surface area contributed by atoms with E-state index in [2.05, 4.69) is 32.1 Å². The Morgan fingerprint density at radius 1 is 1.32 bits per heavy atom. The summed E-state index contributed by atoms with van der Waals surface area (Å²) in [4.78, 5) is 4.55. The van der Waals surface area contributed by atoms with Gasteiger partial charge in [-0.05, 0) is 25.4 Å². The quantitative estimate of drug-likeness (QED) is 0.259. The number of ether oxygens (including phenoxy) is 1. The van der Waals surface area contributed by atoms with Gasteiger partial charge in [-0.15, -0.1) is 34.2 Å². The zero-order valence-electron chi connectivity index (χ0n) is 13.8. The van der Waals surface area contributed by atoms with Crippen LogP contribution in [0.3, 0.4) is 0 Å². The van der Waals surface area contributed by atoms with E-state index >= 15 is 0 Å². The molecular formula is C13H27IN6OS. The molecule has 0 saturated carbocycles. The first-order valence-electron chi connectivity index (χ1n) is 7.04. The molecule has 1 heterocycles. The lowest BCUT2D eigenvalue weighted by Gasteiger charge is -2.12. The number of rotatable bonds is 9. The smallest absolute Gasteiger partial charge is 0.191 e. The molecule has 1 aromatic rings. The predicted octanol–water partition coefficient (Wildman–Crippen LogP) is 1.18. The Labute approximate surface area is 154 Å². The minimum absolute atomic E-state index is 0. The topological polar surface area (TPSA) is 76.4 Å². The highest BCUT2D eigenvalue weighted by molar-refractivity contribution is 14.0. The monoisotopic (exact) mass is 442 g/mol. The van der Waals surface area contributed by atoms with Crippen molar-refractivity contribution in [3.05, 3.63) is 11.6 Å². The second kappa shape index (κ2) is 12.9. The summed E-state index contributed by atoms with van der Waals surface area (Å²) in [6, 6.07) is 0. The van der Waals surface area contributed by atoms with Crippen LogP contribution in [0, 0.1) is 6.92 Å². The zero-order valence-corrected chi connectivity index (χ0v) is 16.9. The summed E-state index contributed by atoms with van der Waals surface area (Å²) in [6.07, 6.45) is 3.22. The predicted molar refractivity (Wildman–Crippen MR) is 103 cm³/mol. The molecule has 0 saturated heterocycles. The Hall–Kier alpha value is -0.550. The fourth-order valence-corrected chi connectivity index (χ4v) is 2.04. The zero-order chi connectivity index (χ0) is 15.5. The first-order valence-corrected chi connectivity index (χ1v) is 8.43. The number of halogens is 1. The molecule has 0 aliphatic heterocycles. The lowest BCUT2D eigenvalue weighted by atomic mass is 10.5. The van der Waals surface area contributed by atoms with Crippen molar-refractivity contribution in [1.82, 2.24) is 25.4 Å². The van der Waals surface area contributed by atoms with Crippen molar-refractivity contribution in [2.45, 2.75) is 19.9 Å². The fraction of sp³-hybridized carbons (Fsp3) is 0.769. The minimum atomic E-state index is 0. The second-order valence-electron chi connectivity index (χ2n) is 4.58. The van der Waals surface area contributed by atoms with Crippen LogP contribution in [0.25, 0.3) is 0 Å². The molecule has 0 unspecified atom stereocenters. The van der Waals surface area contributed by atoms with Crippen molar-refractivity contribution < 1.29 is 4.74 Å². The molecule has 0 fully saturated rings. The van der Waals surface area contributed by atoms with E-state index in [9.17, 15) is 0 Å². The third-order valence-corrected chi connectivity index (χ3v) is 3.67. The highest BCUT2D eigenvalue weighted by Gasteiger charge is 2.04. The molecule has 0 aromatic carbocycles. The van der Waals surface area contributed by atoms with Gasteiger partial charge in [-0.3, -0.25) is 0 Å². The van der Waals surface area contributed by atoms with Crippen LogP contribution in [0.1, 0.15) is 18.1 Å². The molecule has 7 nitrogen and oxygen atoms in total. The first-order chi connectivity index (χ1) is 10.2. The molecule has 0 aliphatic rings. The largest absolute Gasteiger partial charge is 0.383 e. The molecule has 22 heavy (non-hydrogen) atoms. The molecule has 0 spiro atoms. The molecule has 128 valence electrons. The Balaban J connectivity index is 0.00000441. The molecule has 0 bridgehead atoms. The normalized spacial score (nSPS) is 11.2. The molecule has 0 radical (unpaired) electrons. The number of nitrogens with zero attached hydrogens (tertiary/aromatic N) is 4. The van der Waals surface area contributed by atoms with Crippen molar-refractivity contribution in [2.75, 3.05) is 38.8 Å². The van der Waals surface area contributed by atoms with E-state index in [0.29, 0.717) is 13.2 Å². The molecular weight excluding hydrogens is 415 g/mol. The van der Waals surface area contributed by atoms with E-state index < -0.39 is 0 Å². The van der Waals surface area contributed by atoms with E-state index in [-0.39, 0.29) is 24.0 Å². The summed E-state index contributed by atoms with van der Waals surface area (Å²) >= 11 is 1.85. The van der Waals surface area contributed by atoms with E-state index in [1.807, 2.05) is 30.3 Å². The summed E-state index contributed by atoms with van der Waals surface area (Å²) in [5.74, 6) is 3.67. The van der Waals surface area contributed by atoms with Crippen LogP contribution in [-0.4, -0.2) is 59.5 Å². The van der Waals surface area contributed by atoms with Crippen LogP contribution < -0.4 is 10.6 Å². The second-order valence-corrected chi connectivity index (χ2v) is 5.57. The fourth-order valence-electron chi connectivity index (χ4n) is 1.61. The van der Waals surface area contributed by atoms with Gasteiger partial charge < -0.3 is 19.9 Å². The molecule has 1 rings (SSSR count). The first kappa shape index (κ1) is 21.4. The molecule has 0 atom stereocenters. The van der Waals surface area contributed by atoms with Gasteiger partial charge in [-0.1, -0.05) is 0 Å². The molecule has 0 aliphatic carbocycles. The van der Waals surface area contributed by atoms with E-state index in [1.165, 1.54) is 0 Å². The Bertz CT molecular complexity index is 440. The maximum Gasteiger partial charge on any atom is 0.191 e. The van der Waals surface area contributed by atoms with Gasteiger partial charge >= 0.3 is 0 Å². The van der Waals surface area contributed by atoms with Gasteiger partial charge in [0.1, 0.15) is 12.4 Å². The third kappa shape index (κ3) is 8.18. The molecule has 2 N–H and O–H groups in total. The molecule has 9 heteroatoms. The number of thioether (sulfide) groups is 1. The summed E-state index contributed by atoms with van der Waals surface area (Å²) in [5, 5.41) is 14.7. The van der Waals surface area contributed by atoms with E-state index in [4.69, 9.17) is 4.74 Å². The van der Waals surface area contributed by atoms with Crippen molar-refractivity contribution in [2.24, 2.45) is 12.0 Å². The van der Waals surface area contributed by atoms with Crippen LogP contribution >= 0.6 is 35.7 Å². The van der Waals surface area contributed by atoms with Crippen LogP contribution in [0.5, 0.6) is 0 Å². The molecule has 1 aromatic heterocycles. The van der Waals surface area contributed by atoms with Crippen molar-refractivity contribution in [1.29, 1.82) is 0 Å². The number of aryl methyl sites for hydroxylation is 1. The number of nitrogens with one attached hydrogen (secondary N) is 2. The lowest BCUT2D eigenvalue weighted by Crippen LogP contribution is -2.39. The summed E-state index contributed by atoms with van der Waals surface area (Å²) in [6.45, 7) is 4.70. The summed E-state index contributed by atoms with van der Waals surface area (Å²) in [5.41, 5.74) is 0. The Kier molecular flexibility index (Phi) is 12.6. The van der Waals surface area contributed by atoms with Gasteiger partial charge in [-0.2, -0.15) is 11.8 Å². The minimum Gasteiger partial charge on any atom is -0.383 e. The van der Waals surface area contributed by atoms with E-state index in [1.54, 1.807) is 7.11 Å². The van der Waals surface area contributed by atoms with Gasteiger partial charge in [0.25, 0.3) is 0 Å². The van der Waals surface area contributed by atoms with Crippen LogP contribution in [0.2, 0.25) is 0 Å². The number of guanidine groups is 1. The highest BCUT2D eigenvalue weighted by atomic mass is 127. The number of methoxy groups -OCH3 is 1. The van der Waals surface area contributed by atoms with Crippen LogP contribution in [0.15, 0.2) is 4.99 Å². The van der Waals surface area contributed by atoms with Gasteiger partial charge in [0, 0.05) is 27.2 Å². The van der Waals surface area contributed by atoms with Gasteiger partial charge in [0.05, 0.1) is 6.61 Å². The van der Waals surface area contributed by atoms with Gasteiger partial charge in [0.15, 0.2) is 11.8 Å². The van der Waals surface area contributed by atoms with Gasteiger partial charge in [0.2, 0.25) is 0 Å². The summed E-state index contributed by atoms with van der Waals surface area (Å²) < 4.78 is 6.99. The number of aliphatic imine (C=N–C) groups is 1. The van der Waals surface area contributed by atoms with Crippen molar-refractivity contribution in [3.63, 3.8) is 0 Å². The lowest BCUT2D eigenvalue weighted by molar-refractivity contribution is 0.203. The van der Waals surface area contributed by atoms with Crippen molar-refractivity contribution in [3.8, 4) is 0 Å². The Morgan fingerprint density at radius 2 is 2.05 bits per heavy atom. The maximum atomic E-state index is 5.05. The molecule has 0 amide bonds. The Morgan fingerprint density at radius 3 is 2.64 bits per heavy atom. The highest BCUT2D eigenvalue weighted by Crippen LogP contribution is 1.99. The van der Waals surface area contributed by atoms with Gasteiger partial charge in [-0.25, -0.2) is 4.99 Å². The summed E-state index contributed by atoms with van der Waals surface area (Å²) in [7, 11) is 3.64. The average molecular weight is 442 g/mol. The average Bonchev–Trinajstić information content (AvgIpc) is 2.80. The standard InChI is InChI=1S/C13H26N6OS.HI/c1-11-17-18-12(19(11)2)10-16-13(15-7-8-20-3)14-6-5-9-21-4;/h5-10H2,1-4H3,(H2,14,15,16);1H. The third-order valence-electron chi connectivity index (χ3n) is 2.98. The van der Waals surface area contributed by atoms with Crippen molar-refractivity contribution >= 4 is 41.7 Å². The maximum absolute atomic E-state index is 5.05.